The van der Waals surface area contributed by atoms with Crippen LogP contribution in [0, 0.1) is 0 Å². The molecule has 0 aliphatic rings. The summed E-state index contributed by atoms with van der Waals surface area (Å²) >= 11 is 12.1. The molecule has 8 heteroatoms. The SMILES string of the molecule is O=C(CSCc1ccc(Cl)s1)NNC(=O)c1ccccc1Br. The maximum absolute atomic E-state index is 11.9. The number of rotatable bonds is 5. The van der Waals surface area contributed by atoms with Crippen LogP contribution >= 0.6 is 50.6 Å². The molecule has 0 atom stereocenters. The van der Waals surface area contributed by atoms with Gasteiger partial charge in [-0.3, -0.25) is 20.4 Å². The maximum atomic E-state index is 11.9. The van der Waals surface area contributed by atoms with Gasteiger partial charge >= 0.3 is 0 Å². The van der Waals surface area contributed by atoms with Crippen molar-refractivity contribution in [2.45, 2.75) is 5.75 Å². The van der Waals surface area contributed by atoms with E-state index in [1.165, 1.54) is 23.1 Å². The number of halogens is 2. The average molecular weight is 420 g/mol. The summed E-state index contributed by atoms with van der Waals surface area (Å²) in [5.74, 6) is 0.346. The molecule has 116 valence electrons. The number of nitrogens with one attached hydrogen (secondary N) is 2. The van der Waals surface area contributed by atoms with Crippen LogP contribution in [0.5, 0.6) is 0 Å². The molecular weight excluding hydrogens is 408 g/mol. The van der Waals surface area contributed by atoms with Gasteiger partial charge in [-0.05, 0) is 40.2 Å². The number of amides is 2. The van der Waals surface area contributed by atoms with Crippen LogP contribution in [0.15, 0.2) is 40.9 Å². The zero-order chi connectivity index (χ0) is 15.9. The number of thiophene rings is 1. The molecule has 0 unspecified atom stereocenters. The molecule has 0 aliphatic carbocycles. The van der Waals surface area contributed by atoms with Gasteiger partial charge in [0.25, 0.3) is 5.91 Å². The van der Waals surface area contributed by atoms with E-state index in [2.05, 4.69) is 26.8 Å². The molecule has 1 heterocycles. The van der Waals surface area contributed by atoms with Crippen LogP contribution in [0.3, 0.4) is 0 Å². The molecule has 22 heavy (non-hydrogen) atoms. The fraction of sp³-hybridized carbons (Fsp3) is 0.143. The second-order valence-corrected chi connectivity index (χ2v) is 7.82. The van der Waals surface area contributed by atoms with E-state index in [0.717, 1.165) is 9.21 Å². The molecule has 0 aliphatic heterocycles. The molecule has 0 saturated carbocycles. The smallest absolute Gasteiger partial charge is 0.270 e. The minimum absolute atomic E-state index is 0.256. The van der Waals surface area contributed by atoms with E-state index >= 15 is 0 Å². The molecule has 1 aromatic heterocycles. The second-order valence-electron chi connectivity index (χ2n) is 4.18. The Bertz CT molecular complexity index is 678. The summed E-state index contributed by atoms with van der Waals surface area (Å²) in [4.78, 5) is 24.7. The third kappa shape index (κ3) is 5.31. The molecule has 2 amide bonds. The number of thioether (sulfide) groups is 1. The first-order valence-electron chi connectivity index (χ1n) is 6.22. The zero-order valence-corrected chi connectivity index (χ0v) is 15.2. The van der Waals surface area contributed by atoms with Crippen molar-refractivity contribution >= 4 is 62.4 Å². The summed E-state index contributed by atoms with van der Waals surface area (Å²) in [5.41, 5.74) is 5.25. The van der Waals surface area contributed by atoms with E-state index < -0.39 is 0 Å². The van der Waals surface area contributed by atoms with Crippen molar-refractivity contribution in [2.75, 3.05) is 5.75 Å². The lowest BCUT2D eigenvalue weighted by molar-refractivity contribution is -0.119. The van der Waals surface area contributed by atoms with Gasteiger partial charge in [0.05, 0.1) is 15.7 Å². The van der Waals surface area contributed by atoms with Crippen molar-refractivity contribution in [3.05, 3.63) is 55.6 Å². The van der Waals surface area contributed by atoms with Gasteiger partial charge in [-0.15, -0.1) is 23.1 Å². The van der Waals surface area contributed by atoms with E-state index in [9.17, 15) is 9.59 Å². The average Bonchev–Trinajstić information content (AvgIpc) is 2.91. The van der Waals surface area contributed by atoms with Crippen LogP contribution in [0.2, 0.25) is 4.34 Å². The zero-order valence-electron chi connectivity index (χ0n) is 11.3. The van der Waals surface area contributed by atoms with Crippen molar-refractivity contribution in [1.82, 2.24) is 10.9 Å². The Labute approximate surface area is 149 Å². The molecule has 0 fully saturated rings. The summed E-state index contributed by atoms with van der Waals surface area (Å²) in [6, 6.07) is 10.8. The molecule has 1 aromatic carbocycles. The van der Waals surface area contributed by atoms with Crippen LogP contribution in [0.4, 0.5) is 0 Å². The number of hydrazine groups is 1. The van der Waals surface area contributed by atoms with E-state index in [-0.39, 0.29) is 17.6 Å². The number of benzene rings is 1. The highest BCUT2D eigenvalue weighted by atomic mass is 79.9. The summed E-state index contributed by atoms with van der Waals surface area (Å²) in [5, 5.41) is 0. The molecule has 2 rings (SSSR count). The summed E-state index contributed by atoms with van der Waals surface area (Å²) in [7, 11) is 0. The molecule has 4 nitrogen and oxygen atoms in total. The first kappa shape index (κ1) is 17.3. The number of hydrogen-bond acceptors (Lipinski definition) is 4. The third-order valence-electron chi connectivity index (χ3n) is 2.54. The van der Waals surface area contributed by atoms with Gasteiger partial charge in [0, 0.05) is 15.1 Å². The van der Waals surface area contributed by atoms with Gasteiger partial charge in [-0.2, -0.15) is 0 Å². The van der Waals surface area contributed by atoms with Crippen molar-refractivity contribution < 1.29 is 9.59 Å². The number of hydrogen-bond donors (Lipinski definition) is 2. The van der Waals surface area contributed by atoms with Gasteiger partial charge in [0.2, 0.25) is 5.91 Å². The summed E-state index contributed by atoms with van der Waals surface area (Å²) in [6.07, 6.45) is 0. The Balaban J connectivity index is 1.71. The predicted molar refractivity (Wildman–Crippen MR) is 95.2 cm³/mol. The van der Waals surface area contributed by atoms with Crippen molar-refractivity contribution in [1.29, 1.82) is 0 Å². The summed E-state index contributed by atoms with van der Waals surface area (Å²) < 4.78 is 1.41. The van der Waals surface area contributed by atoms with Gasteiger partial charge in [0.1, 0.15) is 0 Å². The van der Waals surface area contributed by atoms with E-state index in [0.29, 0.717) is 15.8 Å². The monoisotopic (exact) mass is 418 g/mol. The van der Waals surface area contributed by atoms with Crippen LogP contribution in [0.25, 0.3) is 0 Å². The van der Waals surface area contributed by atoms with Crippen LogP contribution in [0.1, 0.15) is 15.2 Å². The Morgan fingerprint density at radius 3 is 2.64 bits per heavy atom. The molecule has 0 radical (unpaired) electrons. The van der Waals surface area contributed by atoms with Gasteiger partial charge in [-0.25, -0.2) is 0 Å². The predicted octanol–water partition coefficient (Wildman–Crippen LogP) is 3.86. The van der Waals surface area contributed by atoms with Crippen LogP contribution in [-0.4, -0.2) is 17.6 Å². The highest BCUT2D eigenvalue weighted by molar-refractivity contribution is 9.10. The van der Waals surface area contributed by atoms with Gasteiger partial charge in [0.15, 0.2) is 0 Å². The van der Waals surface area contributed by atoms with Crippen molar-refractivity contribution in [3.8, 4) is 0 Å². The second kappa shape index (κ2) is 8.57. The van der Waals surface area contributed by atoms with E-state index in [1.54, 1.807) is 18.2 Å². The first-order chi connectivity index (χ1) is 10.6. The topological polar surface area (TPSA) is 58.2 Å². The van der Waals surface area contributed by atoms with Crippen LogP contribution in [-0.2, 0) is 10.5 Å². The number of carbonyl (C=O) groups is 2. The minimum atomic E-state index is -0.365. The molecule has 2 N–H and O–H groups in total. The van der Waals surface area contributed by atoms with Gasteiger partial charge < -0.3 is 0 Å². The normalized spacial score (nSPS) is 10.3. The Morgan fingerprint density at radius 1 is 1.18 bits per heavy atom. The Hall–Kier alpha value is -1.02. The Morgan fingerprint density at radius 2 is 1.95 bits per heavy atom. The number of carbonyl (C=O) groups excluding carboxylic acids is 2. The molecular formula is C14H12BrClN2O2S2. The highest BCUT2D eigenvalue weighted by Crippen LogP contribution is 2.24. The van der Waals surface area contributed by atoms with E-state index in [4.69, 9.17) is 11.6 Å². The fourth-order valence-corrected chi connectivity index (χ4v) is 4.04. The van der Waals surface area contributed by atoms with Gasteiger partial charge in [-0.1, -0.05) is 23.7 Å². The standard InChI is InChI=1S/C14H12BrClN2O2S2/c15-11-4-2-1-3-10(11)14(20)18-17-13(19)8-21-7-9-5-6-12(16)22-9/h1-6H,7-8H2,(H,17,19)(H,18,20). The lowest BCUT2D eigenvalue weighted by Crippen LogP contribution is -2.42. The summed E-state index contributed by atoms with van der Waals surface area (Å²) in [6.45, 7) is 0. The lowest BCUT2D eigenvalue weighted by atomic mass is 10.2. The maximum Gasteiger partial charge on any atom is 0.270 e. The Kier molecular flexibility index (Phi) is 6.75. The molecule has 0 bridgehead atoms. The molecule has 0 spiro atoms. The third-order valence-corrected chi connectivity index (χ3v) is 5.63. The highest BCUT2D eigenvalue weighted by Gasteiger charge is 2.10. The fourth-order valence-electron chi connectivity index (χ4n) is 1.55. The molecule has 2 aromatic rings. The van der Waals surface area contributed by atoms with E-state index in [1.807, 2.05) is 18.2 Å². The first-order valence-corrected chi connectivity index (χ1v) is 9.36. The minimum Gasteiger partial charge on any atom is -0.272 e. The largest absolute Gasteiger partial charge is 0.272 e. The quantitative estimate of drug-likeness (QED) is 0.724. The molecule has 0 saturated heterocycles. The lowest BCUT2D eigenvalue weighted by Gasteiger charge is -2.08. The van der Waals surface area contributed by atoms with Crippen molar-refractivity contribution in [2.24, 2.45) is 0 Å². The van der Waals surface area contributed by atoms with Crippen LogP contribution < -0.4 is 10.9 Å². The van der Waals surface area contributed by atoms with Crippen molar-refractivity contribution in [3.63, 3.8) is 0 Å².